The SMILES string of the molecule is C[N+](C)(C)C[C@@H](CC(=O)[O-])NC(=O)CCCCCCCCCCc1ccccc1. The quantitative estimate of drug-likeness (QED) is 0.340. The number of carbonyl (C=O) groups excluding carboxylic acids is 2. The van der Waals surface area contributed by atoms with Crippen molar-refractivity contribution in [2.75, 3.05) is 27.7 Å². The number of hydrogen-bond acceptors (Lipinski definition) is 3. The number of likely N-dealkylation sites (N-methyl/N-ethyl adjacent to an activating group) is 1. The molecule has 5 heteroatoms. The van der Waals surface area contributed by atoms with Gasteiger partial charge in [-0.15, -0.1) is 0 Å². The van der Waals surface area contributed by atoms with Gasteiger partial charge in [0.05, 0.1) is 33.7 Å². The van der Waals surface area contributed by atoms with Crippen LogP contribution in [0.4, 0.5) is 0 Å². The predicted octanol–water partition coefficient (Wildman–Crippen LogP) is 3.07. The first-order valence-electron chi connectivity index (χ1n) is 11.1. The highest BCUT2D eigenvalue weighted by Gasteiger charge is 2.20. The van der Waals surface area contributed by atoms with E-state index in [1.165, 1.54) is 44.1 Å². The van der Waals surface area contributed by atoms with Gasteiger partial charge in [-0.2, -0.15) is 0 Å². The second-order valence-electron chi connectivity index (χ2n) is 9.13. The molecule has 0 aliphatic rings. The highest BCUT2D eigenvalue weighted by atomic mass is 16.4. The summed E-state index contributed by atoms with van der Waals surface area (Å²) in [5.41, 5.74) is 1.43. The molecule has 0 aliphatic heterocycles. The predicted molar refractivity (Wildman–Crippen MR) is 116 cm³/mol. The number of nitrogens with zero attached hydrogens (tertiary/aromatic N) is 1. The molecule has 0 saturated carbocycles. The van der Waals surface area contributed by atoms with Crippen molar-refractivity contribution >= 4 is 11.9 Å². The van der Waals surface area contributed by atoms with Gasteiger partial charge in [0.2, 0.25) is 5.91 Å². The fourth-order valence-electron chi connectivity index (χ4n) is 3.64. The number of benzene rings is 1. The normalized spacial score (nSPS) is 12.5. The van der Waals surface area contributed by atoms with Crippen molar-refractivity contribution in [1.29, 1.82) is 0 Å². The Morgan fingerprint density at radius 3 is 2.00 bits per heavy atom. The third kappa shape index (κ3) is 14.7. The number of rotatable bonds is 16. The standard InChI is InChI=1S/C24H40N2O3/c1-26(2,3)20-22(19-24(28)29)25-23(27)18-14-9-7-5-4-6-8-11-15-21-16-12-10-13-17-21/h10,12-13,16-17,22H,4-9,11,14-15,18-20H2,1-3H3,(H-,25,27,28,29)/t22-/m1/s1. The van der Waals surface area contributed by atoms with E-state index in [1.807, 2.05) is 21.1 Å². The molecule has 0 aliphatic carbocycles. The van der Waals surface area contributed by atoms with E-state index in [9.17, 15) is 14.7 Å². The van der Waals surface area contributed by atoms with E-state index in [1.54, 1.807) is 0 Å². The largest absolute Gasteiger partial charge is 0.550 e. The van der Waals surface area contributed by atoms with Gasteiger partial charge in [0.15, 0.2) is 0 Å². The molecule has 0 heterocycles. The Balaban J connectivity index is 2.02. The zero-order chi connectivity index (χ0) is 21.5. The molecule has 0 spiro atoms. The zero-order valence-electron chi connectivity index (χ0n) is 18.6. The lowest BCUT2D eigenvalue weighted by Crippen LogP contribution is -2.50. The summed E-state index contributed by atoms with van der Waals surface area (Å²) in [4.78, 5) is 23.0. The molecule has 1 atom stereocenters. The molecule has 164 valence electrons. The van der Waals surface area contributed by atoms with Crippen LogP contribution in [-0.4, -0.2) is 50.1 Å². The van der Waals surface area contributed by atoms with E-state index in [0.717, 1.165) is 19.3 Å². The first-order chi connectivity index (χ1) is 13.8. The van der Waals surface area contributed by atoms with Gasteiger partial charge in [0.25, 0.3) is 0 Å². The van der Waals surface area contributed by atoms with Crippen LogP contribution in [0.25, 0.3) is 0 Å². The Morgan fingerprint density at radius 1 is 0.897 bits per heavy atom. The van der Waals surface area contributed by atoms with E-state index in [2.05, 4.69) is 35.6 Å². The van der Waals surface area contributed by atoms with Crippen molar-refractivity contribution in [3.8, 4) is 0 Å². The highest BCUT2D eigenvalue weighted by molar-refractivity contribution is 5.77. The number of carboxylic acids is 1. The summed E-state index contributed by atoms with van der Waals surface area (Å²) >= 11 is 0. The van der Waals surface area contributed by atoms with Gasteiger partial charge < -0.3 is 19.7 Å². The number of unbranched alkanes of at least 4 members (excludes halogenated alkanes) is 7. The lowest BCUT2D eigenvalue weighted by atomic mass is 10.0. The van der Waals surface area contributed by atoms with Crippen LogP contribution in [0.3, 0.4) is 0 Å². The summed E-state index contributed by atoms with van der Waals surface area (Å²) in [6.07, 6.45) is 10.9. The van der Waals surface area contributed by atoms with Crippen LogP contribution in [0.5, 0.6) is 0 Å². The Bertz CT molecular complexity index is 582. The first kappa shape index (κ1) is 25.2. The average Bonchev–Trinajstić information content (AvgIpc) is 2.62. The second-order valence-corrected chi connectivity index (χ2v) is 9.13. The van der Waals surface area contributed by atoms with Crippen LogP contribution in [0.2, 0.25) is 0 Å². The fourth-order valence-corrected chi connectivity index (χ4v) is 3.64. The minimum Gasteiger partial charge on any atom is -0.550 e. The van der Waals surface area contributed by atoms with Gasteiger partial charge >= 0.3 is 0 Å². The van der Waals surface area contributed by atoms with Gasteiger partial charge in [0.1, 0.15) is 0 Å². The van der Waals surface area contributed by atoms with Crippen molar-refractivity contribution < 1.29 is 19.2 Å². The smallest absolute Gasteiger partial charge is 0.220 e. The van der Waals surface area contributed by atoms with Crippen LogP contribution in [-0.2, 0) is 16.0 Å². The Labute approximate surface area is 177 Å². The third-order valence-electron chi connectivity index (χ3n) is 5.01. The number of aliphatic carboxylic acids is 1. The zero-order valence-corrected chi connectivity index (χ0v) is 18.6. The van der Waals surface area contributed by atoms with Crippen molar-refractivity contribution in [2.24, 2.45) is 0 Å². The number of nitrogens with one attached hydrogen (secondary N) is 1. The van der Waals surface area contributed by atoms with E-state index in [0.29, 0.717) is 17.4 Å². The summed E-state index contributed by atoms with van der Waals surface area (Å²) in [7, 11) is 5.95. The molecule has 29 heavy (non-hydrogen) atoms. The summed E-state index contributed by atoms with van der Waals surface area (Å²) in [5.74, 6) is -1.17. The van der Waals surface area contributed by atoms with E-state index in [-0.39, 0.29) is 18.4 Å². The maximum absolute atomic E-state index is 12.1. The molecule has 1 aromatic carbocycles. The fraction of sp³-hybridized carbons (Fsp3) is 0.667. The third-order valence-corrected chi connectivity index (χ3v) is 5.01. The molecule has 1 amide bonds. The number of carboxylic acid groups (broad SMARTS) is 1. The maximum Gasteiger partial charge on any atom is 0.220 e. The van der Waals surface area contributed by atoms with Gasteiger partial charge in [-0.25, -0.2) is 0 Å². The molecule has 0 bridgehead atoms. The van der Waals surface area contributed by atoms with Crippen molar-refractivity contribution in [3.05, 3.63) is 35.9 Å². The number of aryl methyl sites for hydroxylation is 1. The molecule has 1 aromatic rings. The summed E-state index contributed by atoms with van der Waals surface area (Å²) in [6.45, 7) is 0.573. The molecule has 0 saturated heterocycles. The average molecular weight is 405 g/mol. The molecule has 1 rings (SSSR count). The van der Waals surface area contributed by atoms with Crippen LogP contribution >= 0.6 is 0 Å². The molecule has 1 N–H and O–H groups in total. The first-order valence-corrected chi connectivity index (χ1v) is 11.1. The summed E-state index contributed by atoms with van der Waals surface area (Å²) < 4.78 is 0.601. The van der Waals surface area contributed by atoms with Crippen LogP contribution in [0.15, 0.2) is 30.3 Å². The van der Waals surface area contributed by atoms with E-state index in [4.69, 9.17) is 0 Å². The number of hydrogen-bond donors (Lipinski definition) is 1. The van der Waals surface area contributed by atoms with Crippen LogP contribution in [0, 0.1) is 0 Å². The number of carbonyl (C=O) groups is 2. The monoisotopic (exact) mass is 404 g/mol. The van der Waals surface area contributed by atoms with Crippen molar-refractivity contribution in [3.63, 3.8) is 0 Å². The van der Waals surface area contributed by atoms with Crippen molar-refractivity contribution in [1.82, 2.24) is 5.32 Å². The summed E-state index contributed by atoms with van der Waals surface area (Å²) in [5, 5.41) is 13.8. The Hall–Kier alpha value is -1.88. The molecule has 0 fully saturated rings. The minimum atomic E-state index is -1.12. The van der Waals surface area contributed by atoms with E-state index >= 15 is 0 Å². The molecule has 0 unspecified atom stereocenters. The van der Waals surface area contributed by atoms with Gasteiger partial charge in [-0.3, -0.25) is 4.79 Å². The molecule has 0 aromatic heterocycles. The minimum absolute atomic E-state index is 0.0504. The van der Waals surface area contributed by atoms with E-state index < -0.39 is 5.97 Å². The molecular weight excluding hydrogens is 364 g/mol. The van der Waals surface area contributed by atoms with Gasteiger partial charge in [-0.05, 0) is 24.8 Å². The molecular formula is C24H40N2O3. The lowest BCUT2D eigenvalue weighted by molar-refractivity contribution is -0.871. The Morgan fingerprint density at radius 2 is 1.45 bits per heavy atom. The molecule has 0 radical (unpaired) electrons. The number of quaternary nitrogens is 1. The van der Waals surface area contributed by atoms with Crippen molar-refractivity contribution in [2.45, 2.75) is 76.7 Å². The van der Waals surface area contributed by atoms with Crippen LogP contribution < -0.4 is 10.4 Å². The van der Waals surface area contributed by atoms with Gasteiger partial charge in [-0.1, -0.05) is 68.9 Å². The van der Waals surface area contributed by atoms with Crippen LogP contribution in [0.1, 0.15) is 69.8 Å². The molecule has 5 nitrogen and oxygen atoms in total. The lowest BCUT2D eigenvalue weighted by Gasteiger charge is -2.30. The topological polar surface area (TPSA) is 69.2 Å². The maximum atomic E-state index is 12.1. The van der Waals surface area contributed by atoms with Gasteiger partial charge in [0, 0.05) is 18.8 Å². The Kier molecular flexibility index (Phi) is 12.3. The number of amides is 1. The summed E-state index contributed by atoms with van der Waals surface area (Å²) in [6, 6.07) is 10.3. The highest BCUT2D eigenvalue weighted by Crippen LogP contribution is 2.12. The second kappa shape index (κ2) is 14.2.